The summed E-state index contributed by atoms with van der Waals surface area (Å²) in [6, 6.07) is 9.32. The van der Waals surface area contributed by atoms with Crippen LogP contribution in [0.25, 0.3) is 17.2 Å². The summed E-state index contributed by atoms with van der Waals surface area (Å²) >= 11 is 2.13. The second kappa shape index (κ2) is 11.8. The summed E-state index contributed by atoms with van der Waals surface area (Å²) in [5, 5.41) is 0. The van der Waals surface area contributed by atoms with Crippen LogP contribution in [0.4, 0.5) is 0 Å². The van der Waals surface area contributed by atoms with Crippen LogP contribution in [0.1, 0.15) is 99.7 Å². The topological polar surface area (TPSA) is 0 Å². The molecule has 5 aliphatic rings. The highest BCUT2D eigenvalue weighted by atomic mass is 32.1. The molecule has 1 heterocycles. The van der Waals surface area contributed by atoms with Crippen molar-refractivity contribution in [2.45, 2.75) is 87.0 Å². The van der Waals surface area contributed by atoms with Crippen molar-refractivity contribution < 1.29 is 0 Å². The first-order valence-corrected chi connectivity index (χ1v) is 18.2. The number of hydrogen-bond acceptors (Lipinski definition) is 1. The van der Waals surface area contributed by atoms with Crippen molar-refractivity contribution in [3.05, 3.63) is 121 Å². The Morgan fingerprint density at radius 2 is 1.73 bits per heavy atom. The number of benzene rings is 1. The molecule has 1 aromatic carbocycles. The maximum absolute atomic E-state index is 2.68. The van der Waals surface area contributed by atoms with E-state index in [2.05, 4.69) is 127 Å². The van der Waals surface area contributed by atoms with Crippen molar-refractivity contribution in [3.63, 3.8) is 0 Å². The van der Waals surface area contributed by atoms with E-state index in [1.165, 1.54) is 53.5 Å². The van der Waals surface area contributed by atoms with Crippen LogP contribution in [0.15, 0.2) is 88.6 Å². The monoisotopic (exact) mass is 598 g/mol. The summed E-state index contributed by atoms with van der Waals surface area (Å²) in [6.45, 7) is 17.1. The van der Waals surface area contributed by atoms with Gasteiger partial charge in [0.05, 0.1) is 0 Å². The number of hydrogen-bond donors (Lipinski definition) is 0. The molecule has 0 amide bonds. The lowest BCUT2D eigenvalue weighted by atomic mass is 9.59. The van der Waals surface area contributed by atoms with Gasteiger partial charge in [-0.15, -0.1) is 11.3 Å². The Morgan fingerprint density at radius 1 is 0.909 bits per heavy atom. The zero-order chi connectivity index (χ0) is 30.7. The van der Waals surface area contributed by atoms with Crippen LogP contribution >= 0.6 is 11.3 Å². The Kier molecular flexibility index (Phi) is 7.98. The Morgan fingerprint density at radius 3 is 2.48 bits per heavy atom. The minimum atomic E-state index is 0.462. The molecular formula is C43H50S. The largest absolute Gasteiger partial charge is 0.139 e. The van der Waals surface area contributed by atoms with Gasteiger partial charge in [-0.05, 0) is 138 Å². The highest BCUT2D eigenvalue weighted by Crippen LogP contribution is 2.56. The summed E-state index contributed by atoms with van der Waals surface area (Å²) in [5.74, 6) is 3.17. The predicted molar refractivity (Wildman–Crippen MR) is 193 cm³/mol. The third kappa shape index (κ3) is 5.04. The molecule has 7 rings (SSSR count). The smallest absolute Gasteiger partial charge is 0.0386 e. The van der Waals surface area contributed by atoms with Crippen molar-refractivity contribution in [1.29, 1.82) is 0 Å². The van der Waals surface area contributed by atoms with Gasteiger partial charge in [0, 0.05) is 9.75 Å². The summed E-state index contributed by atoms with van der Waals surface area (Å²) in [7, 11) is 0. The molecule has 4 atom stereocenters. The highest BCUT2D eigenvalue weighted by molar-refractivity contribution is 7.13. The molecule has 0 radical (unpaired) electrons. The Hall–Kier alpha value is -2.90. The molecule has 1 aromatic heterocycles. The summed E-state index contributed by atoms with van der Waals surface area (Å²) < 4.78 is 0. The first-order valence-electron chi connectivity index (χ1n) is 17.4. The maximum atomic E-state index is 2.68. The van der Waals surface area contributed by atoms with E-state index >= 15 is 0 Å². The van der Waals surface area contributed by atoms with E-state index in [4.69, 9.17) is 0 Å². The van der Waals surface area contributed by atoms with Gasteiger partial charge in [0.1, 0.15) is 0 Å². The molecule has 0 nitrogen and oxygen atoms in total. The van der Waals surface area contributed by atoms with E-state index in [-0.39, 0.29) is 0 Å². The normalized spacial score (nSPS) is 26.4. The van der Waals surface area contributed by atoms with Gasteiger partial charge < -0.3 is 0 Å². The summed E-state index contributed by atoms with van der Waals surface area (Å²) in [5.41, 5.74) is 17.1. The molecule has 4 unspecified atom stereocenters. The van der Waals surface area contributed by atoms with Crippen molar-refractivity contribution in [2.75, 3.05) is 0 Å². The fourth-order valence-corrected chi connectivity index (χ4v) is 10.6. The lowest BCUT2D eigenvalue weighted by molar-refractivity contribution is 0.261. The molecule has 228 valence electrons. The molecule has 1 heteroatoms. The van der Waals surface area contributed by atoms with Crippen LogP contribution in [0.5, 0.6) is 0 Å². The van der Waals surface area contributed by atoms with Gasteiger partial charge >= 0.3 is 0 Å². The zero-order valence-corrected chi connectivity index (χ0v) is 28.8. The fourth-order valence-electron chi connectivity index (χ4n) is 8.96. The van der Waals surface area contributed by atoms with Gasteiger partial charge in [-0.3, -0.25) is 0 Å². The SMILES string of the molecule is CC1=C(C2=C(C)c3ccccc3CC2C2C(C(C)C)=CC(C3=CCCC=C3)=CC2C(C)C)c2sc3c(c2CC1)C=CC(C)C3. The third-order valence-corrected chi connectivity index (χ3v) is 12.5. The third-order valence-electron chi connectivity index (χ3n) is 11.2. The van der Waals surface area contributed by atoms with E-state index in [1.807, 2.05) is 0 Å². The van der Waals surface area contributed by atoms with E-state index in [0.717, 1.165) is 12.8 Å². The fraction of sp³-hybridized carbons (Fsp3) is 0.442. The quantitative estimate of drug-likeness (QED) is 0.321. The molecular weight excluding hydrogens is 549 g/mol. The molecule has 0 spiro atoms. The van der Waals surface area contributed by atoms with Crippen LogP contribution in [0.3, 0.4) is 0 Å². The number of allylic oxidation sites excluding steroid dienone is 13. The zero-order valence-electron chi connectivity index (χ0n) is 28.0. The molecule has 0 fully saturated rings. The molecule has 0 saturated carbocycles. The second-order valence-electron chi connectivity index (χ2n) is 14.9. The first kappa shape index (κ1) is 29.8. The van der Waals surface area contributed by atoms with Crippen LogP contribution in [0.2, 0.25) is 0 Å². The predicted octanol–water partition coefficient (Wildman–Crippen LogP) is 12.0. The second-order valence-corrected chi connectivity index (χ2v) is 16.0. The number of thiophene rings is 1. The molecule has 0 bridgehead atoms. The standard InChI is InChI=1S/C43H50S/c1-25(2)36-23-32(30-13-9-8-10-14-30)24-37(26(3)4)42(36)38-22-31-15-11-12-16-33(31)29(7)41(38)40-28(6)18-20-35-34-19-17-27(5)21-39(34)44-43(35)40/h9,11-17,19,23-27,36,38,42H,8,10,18,20-22H2,1-7H3. The lowest BCUT2D eigenvalue weighted by Gasteiger charge is -2.45. The Labute approximate surface area is 270 Å². The van der Waals surface area contributed by atoms with E-state index in [0.29, 0.717) is 35.5 Å². The van der Waals surface area contributed by atoms with Crippen LogP contribution in [-0.2, 0) is 19.3 Å². The van der Waals surface area contributed by atoms with Gasteiger partial charge in [0.15, 0.2) is 0 Å². The molecule has 2 aromatic rings. The number of fused-ring (bicyclic) bond motifs is 4. The summed E-state index contributed by atoms with van der Waals surface area (Å²) in [4.78, 5) is 3.21. The van der Waals surface area contributed by atoms with Gasteiger partial charge in [-0.2, -0.15) is 0 Å². The summed E-state index contributed by atoms with van der Waals surface area (Å²) in [6.07, 6.45) is 24.4. The Bertz CT molecular complexity index is 1700. The Balaban J connectivity index is 1.43. The van der Waals surface area contributed by atoms with Crippen LogP contribution in [0, 0.1) is 35.5 Å². The van der Waals surface area contributed by atoms with E-state index in [9.17, 15) is 0 Å². The van der Waals surface area contributed by atoms with Gasteiger partial charge in [0.2, 0.25) is 0 Å². The number of rotatable bonds is 5. The average molecular weight is 599 g/mol. The molecule has 0 aliphatic heterocycles. The highest BCUT2D eigenvalue weighted by Gasteiger charge is 2.43. The van der Waals surface area contributed by atoms with Crippen LogP contribution < -0.4 is 0 Å². The lowest BCUT2D eigenvalue weighted by Crippen LogP contribution is -2.36. The molecule has 0 N–H and O–H groups in total. The molecule has 5 aliphatic carbocycles. The van der Waals surface area contributed by atoms with Gasteiger partial charge in [0.25, 0.3) is 0 Å². The van der Waals surface area contributed by atoms with Crippen LogP contribution in [-0.4, -0.2) is 0 Å². The van der Waals surface area contributed by atoms with E-state index < -0.39 is 0 Å². The minimum Gasteiger partial charge on any atom is -0.139 e. The van der Waals surface area contributed by atoms with Gasteiger partial charge in [-0.1, -0.05) is 113 Å². The van der Waals surface area contributed by atoms with Crippen molar-refractivity contribution in [3.8, 4) is 0 Å². The minimum absolute atomic E-state index is 0.462. The average Bonchev–Trinajstić information content (AvgIpc) is 3.38. The van der Waals surface area contributed by atoms with Crippen molar-refractivity contribution in [1.82, 2.24) is 0 Å². The van der Waals surface area contributed by atoms with E-state index in [1.54, 1.807) is 43.2 Å². The molecule has 0 saturated heterocycles. The maximum Gasteiger partial charge on any atom is 0.0386 e. The van der Waals surface area contributed by atoms with Crippen molar-refractivity contribution >= 4 is 28.6 Å². The van der Waals surface area contributed by atoms with Gasteiger partial charge in [-0.25, -0.2) is 0 Å². The first-order chi connectivity index (χ1) is 21.2. The molecule has 44 heavy (non-hydrogen) atoms. The van der Waals surface area contributed by atoms with Crippen molar-refractivity contribution in [2.24, 2.45) is 35.5 Å².